The van der Waals surface area contributed by atoms with Crippen LogP contribution < -0.4 is 9.47 Å². The molecule has 1 saturated heterocycles. The molecule has 0 amide bonds. The largest absolute Gasteiger partial charge is 0.454 e. The molecule has 1 atom stereocenters. The zero-order chi connectivity index (χ0) is 8.67. The molecule has 1 aromatic rings. The number of fused-ring (bicyclic) bond motifs is 1. The van der Waals surface area contributed by atoms with Gasteiger partial charge in [-0.2, -0.15) is 0 Å². The van der Waals surface area contributed by atoms with Gasteiger partial charge in [-0.1, -0.05) is 6.07 Å². The first-order valence-corrected chi connectivity index (χ1v) is 4.42. The van der Waals surface area contributed by atoms with Crippen molar-refractivity contribution < 1.29 is 14.2 Å². The van der Waals surface area contributed by atoms with Gasteiger partial charge < -0.3 is 14.2 Å². The highest BCUT2D eigenvalue weighted by molar-refractivity contribution is 5.44. The summed E-state index contributed by atoms with van der Waals surface area (Å²) in [5, 5.41) is 0. The molecule has 1 aromatic carbocycles. The molecule has 2 heterocycles. The van der Waals surface area contributed by atoms with Crippen LogP contribution in [0, 0.1) is 0 Å². The van der Waals surface area contributed by atoms with E-state index in [0.29, 0.717) is 12.9 Å². The Labute approximate surface area is 76.2 Å². The van der Waals surface area contributed by atoms with E-state index in [1.54, 1.807) is 0 Å². The van der Waals surface area contributed by atoms with Crippen molar-refractivity contribution in [2.45, 2.75) is 12.5 Å². The van der Waals surface area contributed by atoms with Crippen LogP contribution in [0.1, 0.15) is 5.56 Å². The molecule has 13 heavy (non-hydrogen) atoms. The molecule has 0 bridgehead atoms. The molecule has 0 spiro atoms. The van der Waals surface area contributed by atoms with Crippen LogP contribution in [0.15, 0.2) is 18.2 Å². The fourth-order valence-electron chi connectivity index (χ4n) is 1.52. The van der Waals surface area contributed by atoms with E-state index < -0.39 is 0 Å². The summed E-state index contributed by atoms with van der Waals surface area (Å²) in [6.45, 7) is 1.24. The van der Waals surface area contributed by atoms with Gasteiger partial charge in [0.25, 0.3) is 0 Å². The minimum Gasteiger partial charge on any atom is -0.454 e. The van der Waals surface area contributed by atoms with Crippen LogP contribution in [-0.2, 0) is 11.2 Å². The summed E-state index contributed by atoms with van der Waals surface area (Å²) in [5.74, 6) is 1.71. The van der Waals surface area contributed by atoms with E-state index in [1.807, 2.05) is 12.1 Å². The predicted molar refractivity (Wildman–Crippen MR) is 46.0 cm³/mol. The molecule has 0 saturated carbocycles. The summed E-state index contributed by atoms with van der Waals surface area (Å²) in [6, 6.07) is 6.05. The second-order valence-corrected chi connectivity index (χ2v) is 3.35. The lowest BCUT2D eigenvalue weighted by Crippen LogP contribution is -1.93. The Balaban J connectivity index is 1.86. The molecular weight excluding hydrogens is 168 g/mol. The molecule has 0 unspecified atom stereocenters. The Bertz CT molecular complexity index is 331. The van der Waals surface area contributed by atoms with E-state index in [1.165, 1.54) is 5.56 Å². The summed E-state index contributed by atoms with van der Waals surface area (Å²) < 4.78 is 15.7. The first-order valence-electron chi connectivity index (χ1n) is 4.42. The third-order valence-corrected chi connectivity index (χ3v) is 2.30. The fraction of sp³-hybridized carbons (Fsp3) is 0.400. The number of epoxide rings is 1. The van der Waals surface area contributed by atoms with Gasteiger partial charge in [0.15, 0.2) is 11.5 Å². The molecule has 3 heteroatoms. The monoisotopic (exact) mass is 178 g/mol. The van der Waals surface area contributed by atoms with Crippen molar-refractivity contribution in [2.75, 3.05) is 13.4 Å². The van der Waals surface area contributed by atoms with Crippen LogP contribution >= 0.6 is 0 Å². The summed E-state index contributed by atoms with van der Waals surface area (Å²) in [5.41, 5.74) is 1.26. The topological polar surface area (TPSA) is 31.0 Å². The second-order valence-electron chi connectivity index (χ2n) is 3.35. The van der Waals surface area contributed by atoms with Gasteiger partial charge in [0.05, 0.1) is 12.7 Å². The first kappa shape index (κ1) is 7.21. The maximum Gasteiger partial charge on any atom is 0.231 e. The Morgan fingerprint density at radius 3 is 2.92 bits per heavy atom. The minimum absolute atomic E-state index is 0.346. The molecule has 3 rings (SSSR count). The molecule has 68 valence electrons. The molecule has 2 aliphatic heterocycles. The lowest BCUT2D eigenvalue weighted by atomic mass is 10.1. The van der Waals surface area contributed by atoms with Crippen LogP contribution in [0.3, 0.4) is 0 Å². The lowest BCUT2D eigenvalue weighted by molar-refractivity contribution is 0.174. The van der Waals surface area contributed by atoms with Crippen molar-refractivity contribution in [2.24, 2.45) is 0 Å². The molecule has 2 aliphatic rings. The van der Waals surface area contributed by atoms with Crippen LogP contribution in [0.2, 0.25) is 0 Å². The smallest absolute Gasteiger partial charge is 0.231 e. The minimum atomic E-state index is 0.346. The standard InChI is InChI=1S/C10H10O3/c1-2-9-10(13-6-12-9)4-7(1)3-8-5-11-8/h1-2,4,8H,3,5-6H2/t8-/m0/s1. The van der Waals surface area contributed by atoms with Gasteiger partial charge in [-0.15, -0.1) is 0 Å². The van der Waals surface area contributed by atoms with Gasteiger partial charge in [-0.25, -0.2) is 0 Å². The average Bonchev–Trinajstić information content (AvgIpc) is 2.83. The highest BCUT2D eigenvalue weighted by atomic mass is 16.7. The molecule has 0 N–H and O–H groups in total. The molecule has 0 aliphatic carbocycles. The predicted octanol–water partition coefficient (Wildman–Crippen LogP) is 1.36. The normalized spacial score (nSPS) is 23.2. The van der Waals surface area contributed by atoms with Gasteiger partial charge in [0.2, 0.25) is 6.79 Å². The van der Waals surface area contributed by atoms with Crippen LogP contribution in [0.5, 0.6) is 11.5 Å². The van der Waals surface area contributed by atoms with Crippen molar-refractivity contribution >= 4 is 0 Å². The van der Waals surface area contributed by atoms with Crippen LogP contribution in [0.4, 0.5) is 0 Å². The Kier molecular flexibility index (Phi) is 1.46. The number of hydrogen-bond donors (Lipinski definition) is 0. The molecule has 0 radical (unpaired) electrons. The Morgan fingerprint density at radius 1 is 1.23 bits per heavy atom. The molecule has 1 fully saturated rings. The summed E-state index contributed by atoms with van der Waals surface area (Å²) >= 11 is 0. The lowest BCUT2D eigenvalue weighted by Gasteiger charge is -1.99. The molecular formula is C10H10O3. The van der Waals surface area contributed by atoms with Crippen LogP contribution in [0.25, 0.3) is 0 Å². The maximum atomic E-state index is 5.28. The van der Waals surface area contributed by atoms with Gasteiger partial charge in [0.1, 0.15) is 0 Å². The van der Waals surface area contributed by atoms with Crippen molar-refractivity contribution in [3.8, 4) is 11.5 Å². The number of rotatable bonds is 2. The molecule has 3 nitrogen and oxygen atoms in total. The van der Waals surface area contributed by atoms with Gasteiger partial charge in [0, 0.05) is 6.42 Å². The first-order chi connectivity index (χ1) is 6.42. The third kappa shape index (κ3) is 1.35. The van der Waals surface area contributed by atoms with Crippen molar-refractivity contribution in [3.63, 3.8) is 0 Å². The number of benzene rings is 1. The van der Waals surface area contributed by atoms with Crippen molar-refractivity contribution in [1.29, 1.82) is 0 Å². The van der Waals surface area contributed by atoms with E-state index in [2.05, 4.69) is 6.07 Å². The van der Waals surface area contributed by atoms with Crippen molar-refractivity contribution in [1.82, 2.24) is 0 Å². The third-order valence-electron chi connectivity index (χ3n) is 2.30. The summed E-state index contributed by atoms with van der Waals surface area (Å²) in [4.78, 5) is 0. The van der Waals surface area contributed by atoms with E-state index in [9.17, 15) is 0 Å². The summed E-state index contributed by atoms with van der Waals surface area (Å²) in [7, 11) is 0. The average molecular weight is 178 g/mol. The van der Waals surface area contributed by atoms with E-state index >= 15 is 0 Å². The maximum absolute atomic E-state index is 5.28. The SMILES string of the molecule is c1cc2c(cc1C[C@H]1CO1)OCO2. The van der Waals surface area contributed by atoms with E-state index in [0.717, 1.165) is 24.5 Å². The quantitative estimate of drug-likeness (QED) is 0.640. The van der Waals surface area contributed by atoms with Gasteiger partial charge in [-0.3, -0.25) is 0 Å². The Hall–Kier alpha value is -1.22. The number of hydrogen-bond acceptors (Lipinski definition) is 3. The van der Waals surface area contributed by atoms with E-state index in [-0.39, 0.29) is 0 Å². The Morgan fingerprint density at radius 2 is 2.08 bits per heavy atom. The summed E-state index contributed by atoms with van der Waals surface area (Å²) in [6.07, 6.45) is 1.41. The fourth-order valence-corrected chi connectivity index (χ4v) is 1.52. The van der Waals surface area contributed by atoms with Crippen LogP contribution in [-0.4, -0.2) is 19.5 Å². The zero-order valence-electron chi connectivity index (χ0n) is 7.16. The zero-order valence-corrected chi connectivity index (χ0v) is 7.16. The van der Waals surface area contributed by atoms with Crippen molar-refractivity contribution in [3.05, 3.63) is 23.8 Å². The van der Waals surface area contributed by atoms with Gasteiger partial charge in [-0.05, 0) is 17.7 Å². The molecule has 0 aromatic heterocycles. The second kappa shape index (κ2) is 2.64. The highest BCUT2D eigenvalue weighted by Crippen LogP contribution is 2.33. The van der Waals surface area contributed by atoms with E-state index in [4.69, 9.17) is 14.2 Å². The van der Waals surface area contributed by atoms with Gasteiger partial charge >= 0.3 is 0 Å². The number of ether oxygens (including phenoxy) is 3. The highest BCUT2D eigenvalue weighted by Gasteiger charge is 2.23.